The van der Waals surface area contributed by atoms with Crippen LogP contribution in [-0.4, -0.2) is 23.3 Å². The van der Waals surface area contributed by atoms with E-state index in [-0.39, 0.29) is 18.7 Å². The minimum atomic E-state index is -0.488. The predicted molar refractivity (Wildman–Crippen MR) is 82.1 cm³/mol. The van der Waals surface area contributed by atoms with Crippen molar-refractivity contribution in [1.82, 2.24) is 10.6 Å². The highest BCUT2D eigenvalue weighted by atomic mass is 16.3. The van der Waals surface area contributed by atoms with E-state index in [4.69, 9.17) is 0 Å². The van der Waals surface area contributed by atoms with E-state index in [0.29, 0.717) is 5.92 Å². The summed E-state index contributed by atoms with van der Waals surface area (Å²) in [5.41, 5.74) is 3.42. The van der Waals surface area contributed by atoms with Gasteiger partial charge in [-0.3, -0.25) is 0 Å². The first-order chi connectivity index (χ1) is 10.0. The Bertz CT molecular complexity index is 554. The number of urea groups is 1. The van der Waals surface area contributed by atoms with Crippen LogP contribution >= 0.6 is 0 Å². The van der Waals surface area contributed by atoms with Crippen LogP contribution in [-0.2, 0) is 6.42 Å². The van der Waals surface area contributed by atoms with Gasteiger partial charge in [-0.25, -0.2) is 4.79 Å². The smallest absolute Gasteiger partial charge is 0.315 e. The fourth-order valence-corrected chi connectivity index (χ4v) is 3.43. The maximum atomic E-state index is 12.3. The summed E-state index contributed by atoms with van der Waals surface area (Å²) in [5.74, 6) is 0.409. The number of amides is 2. The number of hydrogen-bond acceptors (Lipinski definition) is 2. The van der Waals surface area contributed by atoms with Crippen LogP contribution in [0.25, 0.3) is 0 Å². The number of carbonyl (C=O) groups is 1. The molecule has 1 fully saturated rings. The molecule has 2 aliphatic carbocycles. The lowest BCUT2D eigenvalue weighted by Crippen LogP contribution is -2.54. The van der Waals surface area contributed by atoms with Crippen molar-refractivity contribution in [2.45, 2.75) is 51.1 Å². The second kappa shape index (κ2) is 5.34. The molecule has 114 valence electrons. The second-order valence-electron chi connectivity index (χ2n) is 6.68. The van der Waals surface area contributed by atoms with Crippen molar-refractivity contribution in [3.05, 3.63) is 34.9 Å². The Morgan fingerprint density at radius 2 is 2.14 bits per heavy atom. The minimum absolute atomic E-state index is 0.00848. The molecule has 2 unspecified atom stereocenters. The third-order valence-electron chi connectivity index (χ3n) is 5.02. The Morgan fingerprint density at radius 1 is 1.38 bits per heavy atom. The summed E-state index contributed by atoms with van der Waals surface area (Å²) < 4.78 is 0. The van der Waals surface area contributed by atoms with E-state index >= 15 is 0 Å². The topological polar surface area (TPSA) is 61.4 Å². The number of hydrogen-bond donors (Lipinski definition) is 3. The highest BCUT2D eigenvalue weighted by Gasteiger charge is 2.42. The van der Waals surface area contributed by atoms with Gasteiger partial charge in [-0.1, -0.05) is 18.2 Å². The van der Waals surface area contributed by atoms with Gasteiger partial charge >= 0.3 is 6.03 Å². The van der Waals surface area contributed by atoms with Gasteiger partial charge < -0.3 is 15.7 Å². The van der Waals surface area contributed by atoms with Crippen LogP contribution in [0.2, 0.25) is 0 Å². The predicted octanol–water partition coefficient (Wildman–Crippen LogP) is 2.44. The molecule has 2 atom stereocenters. The second-order valence-corrected chi connectivity index (χ2v) is 6.68. The maximum Gasteiger partial charge on any atom is 0.315 e. The van der Waals surface area contributed by atoms with Gasteiger partial charge in [0.25, 0.3) is 0 Å². The van der Waals surface area contributed by atoms with Crippen LogP contribution < -0.4 is 10.6 Å². The van der Waals surface area contributed by atoms with Gasteiger partial charge in [-0.05, 0) is 62.1 Å². The standard InChI is InChI=1S/C17H24N2O2/c1-11-4-3-5-14-13(11)8-9-15(14)18-16(21)19-17(2,10-20)12-6-7-12/h3-5,12,15,20H,6-10H2,1-2H3,(H2,18,19,21). The molecule has 4 heteroatoms. The summed E-state index contributed by atoms with van der Waals surface area (Å²) in [6, 6.07) is 6.19. The van der Waals surface area contributed by atoms with E-state index in [1.54, 1.807) is 0 Å². The molecule has 0 spiro atoms. The van der Waals surface area contributed by atoms with Gasteiger partial charge in [0.2, 0.25) is 0 Å². The highest BCUT2D eigenvalue weighted by Crippen LogP contribution is 2.39. The summed E-state index contributed by atoms with van der Waals surface area (Å²) in [4.78, 5) is 12.3. The van der Waals surface area contributed by atoms with E-state index in [1.165, 1.54) is 16.7 Å². The van der Waals surface area contributed by atoms with Gasteiger partial charge in [-0.2, -0.15) is 0 Å². The first kappa shape index (κ1) is 14.4. The molecule has 0 aliphatic heterocycles. The molecule has 1 aromatic rings. The quantitative estimate of drug-likeness (QED) is 0.797. The van der Waals surface area contributed by atoms with Crippen molar-refractivity contribution in [2.75, 3.05) is 6.61 Å². The number of aliphatic hydroxyl groups is 1. The number of aryl methyl sites for hydroxylation is 1. The zero-order valence-corrected chi connectivity index (χ0v) is 12.8. The van der Waals surface area contributed by atoms with Crippen LogP contribution in [0.4, 0.5) is 4.79 Å². The van der Waals surface area contributed by atoms with Gasteiger partial charge in [0.05, 0.1) is 18.2 Å². The molecule has 3 N–H and O–H groups in total. The zero-order chi connectivity index (χ0) is 15.0. The largest absolute Gasteiger partial charge is 0.394 e. The molecule has 0 radical (unpaired) electrons. The fraction of sp³-hybridized carbons (Fsp3) is 0.588. The lowest BCUT2D eigenvalue weighted by molar-refractivity contribution is 0.154. The highest BCUT2D eigenvalue weighted by molar-refractivity contribution is 5.75. The number of benzene rings is 1. The van der Waals surface area contributed by atoms with Crippen molar-refractivity contribution in [2.24, 2.45) is 5.92 Å². The lowest BCUT2D eigenvalue weighted by Gasteiger charge is -2.29. The van der Waals surface area contributed by atoms with Crippen molar-refractivity contribution < 1.29 is 9.90 Å². The Hall–Kier alpha value is -1.55. The van der Waals surface area contributed by atoms with Gasteiger partial charge in [0.15, 0.2) is 0 Å². The zero-order valence-electron chi connectivity index (χ0n) is 12.8. The fourth-order valence-electron chi connectivity index (χ4n) is 3.43. The molecule has 21 heavy (non-hydrogen) atoms. The van der Waals surface area contributed by atoms with Crippen LogP contribution in [0.1, 0.15) is 48.9 Å². The molecule has 1 aromatic carbocycles. The summed E-state index contributed by atoms with van der Waals surface area (Å²) in [5, 5.41) is 15.6. The first-order valence-electron chi connectivity index (χ1n) is 7.81. The average Bonchev–Trinajstić information content (AvgIpc) is 3.23. The summed E-state index contributed by atoms with van der Waals surface area (Å²) >= 11 is 0. The van der Waals surface area contributed by atoms with Crippen LogP contribution in [0, 0.1) is 12.8 Å². The molecule has 2 aliphatic rings. The molecule has 1 saturated carbocycles. The number of aliphatic hydroxyl groups excluding tert-OH is 1. The minimum Gasteiger partial charge on any atom is -0.394 e. The van der Waals surface area contributed by atoms with E-state index in [0.717, 1.165) is 25.7 Å². The molecule has 2 amide bonds. The third-order valence-corrected chi connectivity index (χ3v) is 5.02. The van der Waals surface area contributed by atoms with E-state index in [9.17, 15) is 9.90 Å². The first-order valence-corrected chi connectivity index (χ1v) is 7.81. The number of fused-ring (bicyclic) bond motifs is 1. The SMILES string of the molecule is Cc1cccc2c1CCC2NC(=O)NC(C)(CO)C1CC1. The van der Waals surface area contributed by atoms with Crippen molar-refractivity contribution in [3.63, 3.8) is 0 Å². The summed E-state index contributed by atoms with van der Waals surface area (Å²) in [7, 11) is 0. The van der Waals surface area contributed by atoms with Crippen LogP contribution in [0.15, 0.2) is 18.2 Å². The number of nitrogens with one attached hydrogen (secondary N) is 2. The van der Waals surface area contributed by atoms with E-state index in [2.05, 4.69) is 29.7 Å². The Balaban J connectivity index is 1.66. The molecular formula is C17H24N2O2. The van der Waals surface area contributed by atoms with Crippen molar-refractivity contribution in [1.29, 1.82) is 0 Å². The molecule has 4 nitrogen and oxygen atoms in total. The van der Waals surface area contributed by atoms with Crippen molar-refractivity contribution in [3.8, 4) is 0 Å². The normalized spacial score (nSPS) is 23.3. The maximum absolute atomic E-state index is 12.3. The Kier molecular flexibility index (Phi) is 3.66. The van der Waals surface area contributed by atoms with Crippen LogP contribution in [0.3, 0.4) is 0 Å². The molecular weight excluding hydrogens is 264 g/mol. The molecule has 3 rings (SSSR count). The molecule has 0 bridgehead atoms. The number of carbonyl (C=O) groups excluding carboxylic acids is 1. The Labute approximate surface area is 125 Å². The lowest BCUT2D eigenvalue weighted by atomic mass is 9.97. The van der Waals surface area contributed by atoms with Crippen LogP contribution in [0.5, 0.6) is 0 Å². The van der Waals surface area contributed by atoms with E-state index in [1.807, 2.05) is 13.0 Å². The number of rotatable bonds is 4. The molecule has 0 aromatic heterocycles. The summed E-state index contributed by atoms with van der Waals surface area (Å²) in [6.45, 7) is 4.04. The molecule has 0 heterocycles. The van der Waals surface area contributed by atoms with Gasteiger partial charge in [0.1, 0.15) is 0 Å². The molecule has 0 saturated heterocycles. The van der Waals surface area contributed by atoms with Gasteiger partial charge in [0, 0.05) is 0 Å². The van der Waals surface area contributed by atoms with Crippen molar-refractivity contribution >= 4 is 6.03 Å². The Morgan fingerprint density at radius 3 is 2.81 bits per heavy atom. The monoisotopic (exact) mass is 288 g/mol. The van der Waals surface area contributed by atoms with E-state index < -0.39 is 5.54 Å². The van der Waals surface area contributed by atoms with Gasteiger partial charge in [-0.15, -0.1) is 0 Å². The third kappa shape index (κ3) is 2.77. The average molecular weight is 288 g/mol. The summed E-state index contributed by atoms with van der Waals surface area (Å²) in [6.07, 6.45) is 4.14.